The van der Waals surface area contributed by atoms with Crippen molar-refractivity contribution in [2.45, 2.75) is 58.8 Å². The lowest BCUT2D eigenvalue weighted by Crippen LogP contribution is -2.19. The van der Waals surface area contributed by atoms with Crippen LogP contribution in [0.1, 0.15) is 64.4 Å². The average Bonchev–Trinajstić information content (AvgIpc) is 2.48. The van der Waals surface area contributed by atoms with Crippen LogP contribution in [0.15, 0.2) is 35.4 Å². The molecule has 1 rings (SSSR count). The maximum Gasteiger partial charge on any atom is 0.240 e. The fraction of sp³-hybridized carbons (Fsp3) is 0.529. The second kappa shape index (κ2) is 10.2. The second-order valence-corrected chi connectivity index (χ2v) is 5.02. The van der Waals surface area contributed by atoms with Crippen LogP contribution >= 0.6 is 0 Å². The Morgan fingerprint density at radius 2 is 1.70 bits per heavy atom. The van der Waals surface area contributed by atoms with E-state index in [1.165, 1.54) is 0 Å². The Morgan fingerprint density at radius 3 is 2.35 bits per heavy atom. The predicted molar refractivity (Wildman–Crippen MR) is 84.8 cm³/mol. The van der Waals surface area contributed by atoms with Gasteiger partial charge in [-0.25, -0.2) is 5.43 Å². The van der Waals surface area contributed by atoms with Crippen LogP contribution in [0.25, 0.3) is 0 Å². The zero-order valence-corrected chi connectivity index (χ0v) is 12.7. The van der Waals surface area contributed by atoms with Gasteiger partial charge >= 0.3 is 0 Å². The Bertz CT molecular complexity index is 412. The lowest BCUT2D eigenvalue weighted by Gasteiger charge is -2.07. The number of benzene rings is 1. The monoisotopic (exact) mass is 274 g/mol. The summed E-state index contributed by atoms with van der Waals surface area (Å²) in [5.74, 6) is 0.0170. The summed E-state index contributed by atoms with van der Waals surface area (Å²) in [5.41, 5.74) is 4.76. The molecule has 0 unspecified atom stereocenters. The number of carbonyl (C=O) groups is 1. The van der Waals surface area contributed by atoms with Gasteiger partial charge in [-0.05, 0) is 24.8 Å². The molecule has 0 atom stereocenters. The summed E-state index contributed by atoms with van der Waals surface area (Å²) in [4.78, 5) is 11.7. The summed E-state index contributed by atoms with van der Waals surface area (Å²) in [5, 5.41) is 4.33. The normalized spacial score (nSPS) is 11.4. The fourth-order valence-electron chi connectivity index (χ4n) is 1.96. The van der Waals surface area contributed by atoms with Crippen molar-refractivity contribution in [3.05, 3.63) is 35.9 Å². The molecule has 0 aliphatic rings. The van der Waals surface area contributed by atoms with E-state index in [0.717, 1.165) is 49.8 Å². The molecule has 0 aliphatic carbocycles. The largest absolute Gasteiger partial charge is 0.273 e. The van der Waals surface area contributed by atoms with Crippen LogP contribution in [-0.2, 0) is 4.79 Å². The number of rotatable bonds is 9. The van der Waals surface area contributed by atoms with Gasteiger partial charge < -0.3 is 0 Å². The Kier molecular flexibility index (Phi) is 8.36. The summed E-state index contributed by atoms with van der Waals surface area (Å²) < 4.78 is 0. The molecule has 0 saturated heterocycles. The number of hydrogen-bond donors (Lipinski definition) is 1. The van der Waals surface area contributed by atoms with Crippen LogP contribution in [0.3, 0.4) is 0 Å². The smallest absolute Gasteiger partial charge is 0.240 e. The van der Waals surface area contributed by atoms with E-state index in [1.54, 1.807) is 0 Å². The van der Waals surface area contributed by atoms with Crippen molar-refractivity contribution in [1.82, 2.24) is 5.43 Å². The van der Waals surface area contributed by atoms with Crippen molar-refractivity contribution in [3.8, 4) is 0 Å². The molecule has 0 saturated carbocycles. The summed E-state index contributed by atoms with van der Waals surface area (Å²) in [6, 6.07) is 10.1. The summed E-state index contributed by atoms with van der Waals surface area (Å²) >= 11 is 0. The van der Waals surface area contributed by atoms with Gasteiger partial charge in [0.25, 0.3) is 0 Å². The highest BCUT2D eigenvalue weighted by molar-refractivity contribution is 6.01. The molecule has 0 bridgehead atoms. The highest BCUT2D eigenvalue weighted by atomic mass is 16.2. The van der Waals surface area contributed by atoms with E-state index in [0.29, 0.717) is 6.42 Å². The fourth-order valence-corrected chi connectivity index (χ4v) is 1.96. The Labute approximate surface area is 122 Å². The zero-order valence-electron chi connectivity index (χ0n) is 12.7. The van der Waals surface area contributed by atoms with E-state index >= 15 is 0 Å². The number of carbonyl (C=O) groups excluding carboxylic acids is 1. The van der Waals surface area contributed by atoms with Crippen LogP contribution in [0.2, 0.25) is 0 Å². The molecule has 20 heavy (non-hydrogen) atoms. The molecule has 1 aromatic carbocycles. The topological polar surface area (TPSA) is 41.5 Å². The van der Waals surface area contributed by atoms with Crippen molar-refractivity contribution in [2.75, 3.05) is 0 Å². The van der Waals surface area contributed by atoms with Gasteiger partial charge in [-0.2, -0.15) is 5.10 Å². The lowest BCUT2D eigenvalue weighted by molar-refractivity contribution is -0.121. The van der Waals surface area contributed by atoms with Crippen LogP contribution in [-0.4, -0.2) is 11.6 Å². The van der Waals surface area contributed by atoms with Crippen molar-refractivity contribution < 1.29 is 4.79 Å². The van der Waals surface area contributed by atoms with Gasteiger partial charge in [0.15, 0.2) is 0 Å². The van der Waals surface area contributed by atoms with Gasteiger partial charge in [0.2, 0.25) is 5.91 Å². The van der Waals surface area contributed by atoms with Gasteiger partial charge in [-0.3, -0.25) is 4.79 Å². The van der Waals surface area contributed by atoms with E-state index < -0.39 is 0 Å². The van der Waals surface area contributed by atoms with E-state index in [-0.39, 0.29) is 5.91 Å². The Hall–Kier alpha value is -1.64. The zero-order chi connectivity index (χ0) is 14.6. The molecule has 1 aromatic rings. The standard InChI is InChI=1S/C17H26N2O/c1-3-5-8-14-17(20)19-18-16(13-6-4-2)15-11-9-7-10-12-15/h7,9-12H,3-6,8,13-14H2,1-2H3,(H,19,20)/b18-16+. The van der Waals surface area contributed by atoms with Gasteiger partial charge in [0, 0.05) is 6.42 Å². The third-order valence-corrected chi connectivity index (χ3v) is 3.20. The number of nitrogens with one attached hydrogen (secondary N) is 1. The van der Waals surface area contributed by atoms with Crippen molar-refractivity contribution in [2.24, 2.45) is 5.10 Å². The molecule has 0 aliphatic heterocycles. The minimum atomic E-state index is 0.0170. The summed E-state index contributed by atoms with van der Waals surface area (Å²) in [6.45, 7) is 4.29. The first kappa shape index (κ1) is 16.4. The molecule has 0 aromatic heterocycles. The van der Waals surface area contributed by atoms with Crippen LogP contribution in [0.4, 0.5) is 0 Å². The van der Waals surface area contributed by atoms with Gasteiger partial charge in [-0.15, -0.1) is 0 Å². The molecule has 110 valence electrons. The van der Waals surface area contributed by atoms with Crippen molar-refractivity contribution >= 4 is 11.6 Å². The van der Waals surface area contributed by atoms with Crippen LogP contribution in [0.5, 0.6) is 0 Å². The van der Waals surface area contributed by atoms with E-state index in [4.69, 9.17) is 0 Å². The first-order valence-corrected chi connectivity index (χ1v) is 7.68. The first-order chi connectivity index (χ1) is 9.77. The van der Waals surface area contributed by atoms with Gasteiger partial charge in [0.05, 0.1) is 5.71 Å². The molecule has 0 radical (unpaired) electrons. The molecular formula is C17H26N2O. The van der Waals surface area contributed by atoms with Gasteiger partial charge in [0.1, 0.15) is 0 Å². The summed E-state index contributed by atoms with van der Waals surface area (Å²) in [7, 11) is 0. The quantitative estimate of drug-likeness (QED) is 0.407. The van der Waals surface area contributed by atoms with E-state index in [9.17, 15) is 4.79 Å². The molecule has 0 spiro atoms. The number of amides is 1. The lowest BCUT2D eigenvalue weighted by atomic mass is 10.1. The number of unbranched alkanes of at least 4 members (excludes halogenated alkanes) is 3. The van der Waals surface area contributed by atoms with Gasteiger partial charge in [-0.1, -0.05) is 63.4 Å². The van der Waals surface area contributed by atoms with Crippen molar-refractivity contribution in [1.29, 1.82) is 0 Å². The predicted octanol–water partition coefficient (Wildman–Crippen LogP) is 4.28. The Morgan fingerprint density at radius 1 is 1.00 bits per heavy atom. The van der Waals surface area contributed by atoms with E-state index in [2.05, 4.69) is 24.4 Å². The summed E-state index contributed by atoms with van der Waals surface area (Å²) in [6.07, 6.45) is 6.83. The first-order valence-electron chi connectivity index (χ1n) is 7.68. The molecule has 3 nitrogen and oxygen atoms in total. The number of hydrogen-bond acceptors (Lipinski definition) is 2. The molecule has 1 amide bonds. The highest BCUT2D eigenvalue weighted by Crippen LogP contribution is 2.08. The highest BCUT2D eigenvalue weighted by Gasteiger charge is 2.04. The SMILES string of the molecule is CCCCCC(=O)N/N=C(\CCCC)c1ccccc1. The maximum atomic E-state index is 11.7. The van der Waals surface area contributed by atoms with Crippen LogP contribution < -0.4 is 5.43 Å². The minimum absolute atomic E-state index is 0.0170. The third-order valence-electron chi connectivity index (χ3n) is 3.20. The Balaban J connectivity index is 2.59. The van der Waals surface area contributed by atoms with Crippen LogP contribution in [0, 0.1) is 0 Å². The number of nitrogens with zero attached hydrogens (tertiary/aromatic N) is 1. The minimum Gasteiger partial charge on any atom is -0.273 e. The van der Waals surface area contributed by atoms with E-state index in [1.807, 2.05) is 30.3 Å². The average molecular weight is 274 g/mol. The molecule has 1 N–H and O–H groups in total. The molecule has 3 heteroatoms. The second-order valence-electron chi connectivity index (χ2n) is 5.02. The molecule has 0 heterocycles. The maximum absolute atomic E-state index is 11.7. The van der Waals surface area contributed by atoms with Crippen molar-refractivity contribution in [3.63, 3.8) is 0 Å². The third kappa shape index (κ3) is 6.50. The molecule has 0 fully saturated rings. The molecular weight excluding hydrogens is 248 g/mol. The number of hydrazone groups is 1.